The van der Waals surface area contributed by atoms with E-state index in [1.807, 2.05) is 30.3 Å². The predicted molar refractivity (Wildman–Crippen MR) is 115 cm³/mol. The van der Waals surface area contributed by atoms with Gasteiger partial charge in [0.05, 0.1) is 5.56 Å². The molecule has 3 aromatic rings. The van der Waals surface area contributed by atoms with Crippen molar-refractivity contribution in [2.45, 2.75) is 32.2 Å². The zero-order valence-corrected chi connectivity index (χ0v) is 17.2. The van der Waals surface area contributed by atoms with Crippen LogP contribution in [0.15, 0.2) is 66.9 Å². The smallest absolute Gasteiger partial charge is 0.250 e. The first-order valence-corrected chi connectivity index (χ1v) is 9.83. The van der Waals surface area contributed by atoms with Crippen LogP contribution in [0.1, 0.15) is 35.3 Å². The van der Waals surface area contributed by atoms with Crippen LogP contribution < -0.4 is 15.8 Å². The lowest BCUT2D eigenvalue weighted by atomic mass is 9.94. The van der Waals surface area contributed by atoms with Crippen molar-refractivity contribution >= 4 is 5.91 Å². The molecule has 0 aliphatic carbocycles. The van der Waals surface area contributed by atoms with Crippen molar-refractivity contribution in [2.75, 3.05) is 6.54 Å². The lowest BCUT2D eigenvalue weighted by molar-refractivity contribution is 0.1000. The van der Waals surface area contributed by atoms with E-state index in [-0.39, 0.29) is 11.4 Å². The zero-order valence-electron chi connectivity index (χ0n) is 17.2. The number of rotatable bonds is 9. The molecule has 0 fully saturated rings. The monoisotopic (exact) mass is 407 g/mol. The van der Waals surface area contributed by atoms with E-state index in [1.165, 1.54) is 17.8 Å². The molecule has 0 radical (unpaired) electrons. The van der Waals surface area contributed by atoms with Crippen molar-refractivity contribution in [2.24, 2.45) is 5.73 Å². The number of hydrogen-bond acceptors (Lipinski definition) is 4. The van der Waals surface area contributed by atoms with Gasteiger partial charge in [-0.05, 0) is 74.7 Å². The van der Waals surface area contributed by atoms with Crippen molar-refractivity contribution in [3.05, 3.63) is 89.4 Å². The van der Waals surface area contributed by atoms with Gasteiger partial charge in [0.15, 0.2) is 0 Å². The Morgan fingerprint density at radius 2 is 1.87 bits per heavy atom. The van der Waals surface area contributed by atoms with Gasteiger partial charge in [0.1, 0.15) is 11.6 Å². The molecule has 156 valence electrons. The van der Waals surface area contributed by atoms with Crippen molar-refractivity contribution < 1.29 is 13.9 Å². The molecule has 1 amide bonds. The maximum Gasteiger partial charge on any atom is 0.250 e. The second-order valence-corrected chi connectivity index (χ2v) is 7.86. The van der Waals surface area contributed by atoms with Crippen LogP contribution >= 0.6 is 0 Å². The molecule has 0 saturated carbocycles. The average molecular weight is 407 g/mol. The minimum absolute atomic E-state index is 0.109. The van der Waals surface area contributed by atoms with E-state index in [4.69, 9.17) is 10.5 Å². The van der Waals surface area contributed by atoms with Crippen LogP contribution in [0, 0.1) is 5.82 Å². The van der Waals surface area contributed by atoms with Gasteiger partial charge in [0.25, 0.3) is 0 Å². The topological polar surface area (TPSA) is 77.2 Å². The van der Waals surface area contributed by atoms with Gasteiger partial charge in [-0.15, -0.1) is 0 Å². The van der Waals surface area contributed by atoms with E-state index >= 15 is 0 Å². The van der Waals surface area contributed by atoms with Crippen LogP contribution in [0.2, 0.25) is 0 Å². The highest BCUT2D eigenvalue weighted by Gasteiger charge is 2.17. The van der Waals surface area contributed by atoms with Crippen LogP contribution in [0.5, 0.6) is 11.6 Å². The SMILES string of the molecule is CC(C)(Cc1ccc(Oc2ccc(C(N)=O)cn2)cc1)NCCc1cccc(F)c1. The van der Waals surface area contributed by atoms with Crippen molar-refractivity contribution in [3.8, 4) is 11.6 Å². The highest BCUT2D eigenvalue weighted by atomic mass is 19.1. The second kappa shape index (κ2) is 9.50. The Hall–Kier alpha value is -3.25. The van der Waals surface area contributed by atoms with Gasteiger partial charge in [0, 0.05) is 17.8 Å². The first kappa shape index (κ1) is 21.5. The highest BCUT2D eigenvalue weighted by Crippen LogP contribution is 2.22. The van der Waals surface area contributed by atoms with Gasteiger partial charge < -0.3 is 15.8 Å². The van der Waals surface area contributed by atoms with Crippen LogP contribution in [0.4, 0.5) is 4.39 Å². The highest BCUT2D eigenvalue weighted by molar-refractivity contribution is 5.92. The number of benzene rings is 2. The third-order valence-corrected chi connectivity index (χ3v) is 4.72. The van der Waals surface area contributed by atoms with Crippen LogP contribution in [0.3, 0.4) is 0 Å². The average Bonchev–Trinajstić information content (AvgIpc) is 2.69. The third kappa shape index (κ3) is 6.39. The summed E-state index contributed by atoms with van der Waals surface area (Å²) in [6, 6.07) is 17.7. The van der Waals surface area contributed by atoms with E-state index in [0.717, 1.165) is 24.9 Å². The van der Waals surface area contributed by atoms with Crippen LogP contribution in [-0.4, -0.2) is 23.0 Å². The summed E-state index contributed by atoms with van der Waals surface area (Å²) in [5.74, 6) is 0.334. The Labute approximate surface area is 176 Å². The van der Waals surface area contributed by atoms with Crippen LogP contribution in [-0.2, 0) is 12.8 Å². The Balaban J connectivity index is 1.51. The summed E-state index contributed by atoms with van der Waals surface area (Å²) in [4.78, 5) is 15.2. The molecule has 1 heterocycles. The Morgan fingerprint density at radius 3 is 2.50 bits per heavy atom. The number of carbonyl (C=O) groups is 1. The molecule has 30 heavy (non-hydrogen) atoms. The first-order valence-electron chi connectivity index (χ1n) is 9.83. The minimum Gasteiger partial charge on any atom is -0.439 e. The molecule has 0 aliphatic heterocycles. The summed E-state index contributed by atoms with van der Waals surface area (Å²) in [7, 11) is 0. The molecular formula is C24H26FN3O2. The number of nitrogens with one attached hydrogen (secondary N) is 1. The van der Waals surface area contributed by atoms with E-state index in [2.05, 4.69) is 24.1 Å². The van der Waals surface area contributed by atoms with Crippen molar-refractivity contribution in [3.63, 3.8) is 0 Å². The summed E-state index contributed by atoms with van der Waals surface area (Å²) < 4.78 is 19.0. The van der Waals surface area contributed by atoms with E-state index in [1.54, 1.807) is 24.3 Å². The maximum absolute atomic E-state index is 13.3. The van der Waals surface area contributed by atoms with Crippen LogP contribution in [0.25, 0.3) is 0 Å². The number of primary amides is 1. The Morgan fingerprint density at radius 1 is 1.10 bits per heavy atom. The number of amides is 1. The number of nitrogens with two attached hydrogens (primary N) is 1. The normalized spacial score (nSPS) is 11.3. The molecule has 3 N–H and O–H groups in total. The number of nitrogens with zero attached hydrogens (tertiary/aromatic N) is 1. The van der Waals surface area contributed by atoms with E-state index < -0.39 is 5.91 Å². The molecule has 6 heteroatoms. The van der Waals surface area contributed by atoms with Crippen molar-refractivity contribution in [1.82, 2.24) is 10.3 Å². The number of aromatic nitrogens is 1. The van der Waals surface area contributed by atoms with E-state index in [0.29, 0.717) is 17.2 Å². The fraction of sp³-hybridized carbons (Fsp3) is 0.250. The number of pyridine rings is 1. The Bertz CT molecular complexity index is 986. The molecular weight excluding hydrogens is 381 g/mol. The summed E-state index contributed by atoms with van der Waals surface area (Å²) in [5, 5.41) is 3.54. The quantitative estimate of drug-likeness (QED) is 0.555. The molecule has 3 rings (SSSR count). The summed E-state index contributed by atoms with van der Waals surface area (Å²) in [5.41, 5.74) is 7.59. The Kier molecular flexibility index (Phi) is 6.79. The molecule has 0 aliphatic rings. The van der Waals surface area contributed by atoms with Gasteiger partial charge in [-0.1, -0.05) is 24.3 Å². The lowest BCUT2D eigenvalue weighted by Gasteiger charge is -2.27. The molecule has 2 aromatic carbocycles. The maximum atomic E-state index is 13.3. The van der Waals surface area contributed by atoms with Gasteiger partial charge in [-0.2, -0.15) is 0 Å². The number of hydrogen-bond donors (Lipinski definition) is 2. The molecule has 0 bridgehead atoms. The molecule has 1 aromatic heterocycles. The number of carbonyl (C=O) groups excluding carboxylic acids is 1. The number of ether oxygens (including phenoxy) is 1. The molecule has 0 atom stereocenters. The molecule has 0 spiro atoms. The molecule has 0 unspecified atom stereocenters. The van der Waals surface area contributed by atoms with Gasteiger partial charge >= 0.3 is 0 Å². The lowest BCUT2D eigenvalue weighted by Crippen LogP contribution is -2.42. The second-order valence-electron chi connectivity index (χ2n) is 7.86. The third-order valence-electron chi connectivity index (χ3n) is 4.72. The summed E-state index contributed by atoms with van der Waals surface area (Å²) in [6.45, 7) is 5.06. The predicted octanol–water partition coefficient (Wildman–Crippen LogP) is 4.27. The largest absolute Gasteiger partial charge is 0.439 e. The zero-order chi connectivity index (χ0) is 21.6. The van der Waals surface area contributed by atoms with E-state index in [9.17, 15) is 9.18 Å². The van der Waals surface area contributed by atoms with Gasteiger partial charge in [-0.25, -0.2) is 9.37 Å². The molecule has 0 saturated heterocycles. The fourth-order valence-electron chi connectivity index (χ4n) is 3.19. The summed E-state index contributed by atoms with van der Waals surface area (Å²) >= 11 is 0. The van der Waals surface area contributed by atoms with Gasteiger partial charge in [0.2, 0.25) is 11.8 Å². The standard InChI is InChI=1S/C24H26FN3O2/c1-24(2,28-13-12-17-4-3-5-20(25)14-17)15-18-6-9-21(10-7-18)30-22-11-8-19(16-27-22)23(26)29/h3-11,14,16,28H,12-13,15H2,1-2H3,(H2,26,29). The van der Waals surface area contributed by atoms with Gasteiger partial charge in [-0.3, -0.25) is 4.79 Å². The molecule has 5 nitrogen and oxygen atoms in total. The number of halogens is 1. The van der Waals surface area contributed by atoms with Crippen molar-refractivity contribution in [1.29, 1.82) is 0 Å². The fourth-order valence-corrected chi connectivity index (χ4v) is 3.19. The summed E-state index contributed by atoms with van der Waals surface area (Å²) in [6.07, 6.45) is 3.00. The first-order chi connectivity index (χ1) is 14.3. The minimum atomic E-state index is -0.523.